The summed E-state index contributed by atoms with van der Waals surface area (Å²) in [7, 11) is 0. The maximum absolute atomic E-state index is 5.84. The molecule has 1 heterocycles. The Morgan fingerprint density at radius 1 is 1.22 bits per heavy atom. The van der Waals surface area contributed by atoms with E-state index in [9.17, 15) is 0 Å². The van der Waals surface area contributed by atoms with Crippen LogP contribution in [0.5, 0.6) is 0 Å². The first-order chi connectivity index (χ1) is 8.80. The van der Waals surface area contributed by atoms with E-state index in [1.54, 1.807) is 0 Å². The van der Waals surface area contributed by atoms with E-state index in [-0.39, 0.29) is 0 Å². The third kappa shape index (κ3) is 6.17. The summed E-state index contributed by atoms with van der Waals surface area (Å²) in [5.41, 5.74) is 0. The van der Waals surface area contributed by atoms with Crippen LogP contribution in [0.4, 0.5) is 0 Å². The number of unbranched alkanes of at least 4 members (excludes halogenated alkanes) is 1. The average molecular weight is 256 g/mol. The predicted octanol–water partition coefficient (Wildman–Crippen LogP) is 2.66. The van der Waals surface area contributed by atoms with E-state index >= 15 is 0 Å². The average Bonchev–Trinajstić information content (AvgIpc) is 2.42. The van der Waals surface area contributed by atoms with Crippen molar-refractivity contribution in [1.82, 2.24) is 10.2 Å². The molecule has 0 bridgehead atoms. The highest BCUT2D eigenvalue weighted by molar-refractivity contribution is 4.75. The van der Waals surface area contributed by atoms with Gasteiger partial charge in [-0.25, -0.2) is 0 Å². The number of ether oxygens (including phenoxy) is 1. The number of morpholine rings is 1. The van der Waals surface area contributed by atoms with Gasteiger partial charge in [-0.1, -0.05) is 40.0 Å². The zero-order valence-electron chi connectivity index (χ0n) is 12.6. The number of hydrogen-bond donors (Lipinski definition) is 1. The smallest absolute Gasteiger partial charge is 0.0826 e. The molecule has 0 amide bonds. The lowest BCUT2D eigenvalue weighted by Gasteiger charge is -2.33. The molecule has 0 aliphatic carbocycles. The maximum atomic E-state index is 5.84. The van der Waals surface area contributed by atoms with Crippen LogP contribution in [0.3, 0.4) is 0 Å². The van der Waals surface area contributed by atoms with E-state index in [2.05, 4.69) is 31.0 Å². The van der Waals surface area contributed by atoms with Gasteiger partial charge in [-0.05, 0) is 19.4 Å². The highest BCUT2D eigenvalue weighted by atomic mass is 16.5. The van der Waals surface area contributed by atoms with E-state index in [1.165, 1.54) is 32.1 Å². The Morgan fingerprint density at radius 3 is 2.72 bits per heavy atom. The second-order valence-corrected chi connectivity index (χ2v) is 5.42. The van der Waals surface area contributed by atoms with Gasteiger partial charge in [0, 0.05) is 25.7 Å². The molecule has 3 nitrogen and oxygen atoms in total. The minimum absolute atomic E-state index is 0.389. The third-order valence-corrected chi connectivity index (χ3v) is 3.85. The molecule has 0 aromatic carbocycles. The van der Waals surface area contributed by atoms with Crippen molar-refractivity contribution < 1.29 is 4.74 Å². The lowest BCUT2D eigenvalue weighted by Crippen LogP contribution is -2.48. The molecule has 0 aromatic rings. The summed E-state index contributed by atoms with van der Waals surface area (Å²) in [5.74, 6) is 0. The summed E-state index contributed by atoms with van der Waals surface area (Å²) in [4.78, 5) is 2.48. The summed E-state index contributed by atoms with van der Waals surface area (Å²) >= 11 is 0. The fraction of sp³-hybridized carbons (Fsp3) is 1.00. The van der Waals surface area contributed by atoms with Crippen LogP contribution in [0.15, 0.2) is 0 Å². The molecule has 2 atom stereocenters. The van der Waals surface area contributed by atoms with E-state index in [4.69, 9.17) is 4.74 Å². The van der Waals surface area contributed by atoms with Crippen LogP contribution in [0.25, 0.3) is 0 Å². The highest BCUT2D eigenvalue weighted by Crippen LogP contribution is 2.09. The molecule has 1 N–H and O–H groups in total. The molecule has 1 fully saturated rings. The van der Waals surface area contributed by atoms with E-state index in [1.807, 2.05) is 0 Å². The van der Waals surface area contributed by atoms with Crippen LogP contribution in [-0.4, -0.2) is 49.8 Å². The first-order valence-electron chi connectivity index (χ1n) is 7.87. The molecular weight excluding hydrogens is 224 g/mol. The van der Waals surface area contributed by atoms with Crippen molar-refractivity contribution in [3.8, 4) is 0 Å². The SMILES string of the molecule is CCCCC(CCC)NCC1CN(CC)CCO1. The zero-order chi connectivity index (χ0) is 13.2. The zero-order valence-corrected chi connectivity index (χ0v) is 12.6. The van der Waals surface area contributed by atoms with Crippen molar-refractivity contribution in [3.05, 3.63) is 0 Å². The first kappa shape index (κ1) is 15.9. The summed E-state index contributed by atoms with van der Waals surface area (Å²) in [6, 6.07) is 0.690. The van der Waals surface area contributed by atoms with Crippen molar-refractivity contribution in [1.29, 1.82) is 0 Å². The molecule has 0 spiro atoms. The van der Waals surface area contributed by atoms with Crippen LogP contribution in [0, 0.1) is 0 Å². The van der Waals surface area contributed by atoms with Crippen molar-refractivity contribution in [2.24, 2.45) is 0 Å². The van der Waals surface area contributed by atoms with Crippen molar-refractivity contribution in [2.45, 2.75) is 65.0 Å². The second-order valence-electron chi connectivity index (χ2n) is 5.42. The van der Waals surface area contributed by atoms with Gasteiger partial charge in [0.2, 0.25) is 0 Å². The van der Waals surface area contributed by atoms with E-state index < -0.39 is 0 Å². The summed E-state index contributed by atoms with van der Waals surface area (Å²) < 4.78 is 5.84. The molecule has 18 heavy (non-hydrogen) atoms. The van der Waals surface area contributed by atoms with Gasteiger partial charge in [0.15, 0.2) is 0 Å². The fourth-order valence-corrected chi connectivity index (χ4v) is 2.64. The Morgan fingerprint density at radius 2 is 2.06 bits per heavy atom. The summed E-state index contributed by atoms with van der Waals surface area (Å²) in [6.45, 7) is 12.0. The molecule has 2 unspecified atom stereocenters. The van der Waals surface area contributed by atoms with E-state index in [0.29, 0.717) is 12.1 Å². The lowest BCUT2D eigenvalue weighted by molar-refractivity contribution is -0.0265. The monoisotopic (exact) mass is 256 g/mol. The van der Waals surface area contributed by atoms with Crippen LogP contribution in [0.1, 0.15) is 52.9 Å². The number of nitrogens with zero attached hydrogens (tertiary/aromatic N) is 1. The lowest BCUT2D eigenvalue weighted by atomic mass is 10.0. The van der Waals surface area contributed by atoms with Gasteiger partial charge < -0.3 is 10.1 Å². The van der Waals surface area contributed by atoms with Gasteiger partial charge in [0.1, 0.15) is 0 Å². The second kappa shape index (κ2) is 9.76. The van der Waals surface area contributed by atoms with Gasteiger partial charge in [0.25, 0.3) is 0 Å². The Bertz CT molecular complexity index is 195. The number of likely N-dealkylation sites (N-methyl/N-ethyl adjacent to an activating group) is 1. The molecule has 1 rings (SSSR count). The Hall–Kier alpha value is -0.120. The molecule has 1 aliphatic rings. The van der Waals surface area contributed by atoms with Crippen LogP contribution in [0.2, 0.25) is 0 Å². The molecule has 0 aromatic heterocycles. The van der Waals surface area contributed by atoms with Crippen LogP contribution < -0.4 is 5.32 Å². The van der Waals surface area contributed by atoms with Gasteiger partial charge in [0.05, 0.1) is 12.7 Å². The quantitative estimate of drug-likeness (QED) is 0.686. The largest absolute Gasteiger partial charge is 0.374 e. The number of rotatable bonds is 9. The minimum atomic E-state index is 0.389. The summed E-state index contributed by atoms with van der Waals surface area (Å²) in [5, 5.41) is 3.72. The topological polar surface area (TPSA) is 24.5 Å². The number of nitrogens with one attached hydrogen (secondary N) is 1. The van der Waals surface area contributed by atoms with Crippen molar-refractivity contribution >= 4 is 0 Å². The van der Waals surface area contributed by atoms with Crippen LogP contribution >= 0.6 is 0 Å². The first-order valence-corrected chi connectivity index (χ1v) is 7.87. The fourth-order valence-electron chi connectivity index (χ4n) is 2.64. The third-order valence-electron chi connectivity index (χ3n) is 3.85. The van der Waals surface area contributed by atoms with Gasteiger partial charge in [-0.15, -0.1) is 0 Å². The maximum Gasteiger partial charge on any atom is 0.0826 e. The normalized spacial score (nSPS) is 23.2. The van der Waals surface area contributed by atoms with Crippen molar-refractivity contribution in [2.75, 3.05) is 32.8 Å². The Labute approximate surface area is 113 Å². The van der Waals surface area contributed by atoms with Gasteiger partial charge in [-0.3, -0.25) is 4.90 Å². The standard InChI is InChI=1S/C15H32N2O/c1-4-7-9-14(8-5-2)16-12-15-13-17(6-3)10-11-18-15/h14-16H,4-13H2,1-3H3. The highest BCUT2D eigenvalue weighted by Gasteiger charge is 2.19. The predicted molar refractivity (Wildman–Crippen MR) is 78.1 cm³/mol. The molecule has 0 radical (unpaired) electrons. The molecular formula is C15H32N2O. The molecule has 1 aliphatic heterocycles. The van der Waals surface area contributed by atoms with Crippen molar-refractivity contribution in [3.63, 3.8) is 0 Å². The van der Waals surface area contributed by atoms with Gasteiger partial charge in [-0.2, -0.15) is 0 Å². The van der Waals surface area contributed by atoms with Crippen LogP contribution in [-0.2, 0) is 4.74 Å². The van der Waals surface area contributed by atoms with Gasteiger partial charge >= 0.3 is 0 Å². The molecule has 3 heteroatoms. The molecule has 0 saturated carbocycles. The Balaban J connectivity index is 2.22. The minimum Gasteiger partial charge on any atom is -0.374 e. The summed E-state index contributed by atoms with van der Waals surface area (Å²) in [6.07, 6.45) is 6.90. The number of hydrogen-bond acceptors (Lipinski definition) is 3. The Kier molecular flexibility index (Phi) is 8.64. The van der Waals surface area contributed by atoms with E-state index in [0.717, 1.165) is 32.8 Å². The molecule has 108 valence electrons. The molecule has 1 saturated heterocycles.